The molecule has 0 atom stereocenters. The molecule has 2 aromatic heterocycles. The van der Waals surface area contributed by atoms with Gasteiger partial charge >= 0.3 is 11.7 Å². The van der Waals surface area contributed by atoms with Gasteiger partial charge in [0, 0.05) is 11.9 Å². The van der Waals surface area contributed by atoms with E-state index in [0.29, 0.717) is 5.69 Å². The van der Waals surface area contributed by atoms with Crippen LogP contribution >= 0.6 is 0 Å². The summed E-state index contributed by atoms with van der Waals surface area (Å²) in [6.45, 7) is 1.57. The Morgan fingerprint density at radius 2 is 1.88 bits per heavy atom. The van der Waals surface area contributed by atoms with Gasteiger partial charge in [0.05, 0.1) is 18.5 Å². The number of benzene rings is 1. The van der Waals surface area contributed by atoms with Crippen molar-refractivity contribution < 1.29 is 9.53 Å². The van der Waals surface area contributed by atoms with E-state index in [4.69, 9.17) is 10.5 Å². The number of hydrogen-bond donors (Lipinski definition) is 1. The molecule has 0 spiro atoms. The molecule has 0 saturated heterocycles. The summed E-state index contributed by atoms with van der Waals surface area (Å²) < 4.78 is 7.10. The highest BCUT2D eigenvalue weighted by molar-refractivity contribution is 5.74. The van der Waals surface area contributed by atoms with Crippen molar-refractivity contribution in [1.29, 1.82) is 0 Å². The predicted molar refractivity (Wildman–Crippen MR) is 96.9 cm³/mol. The number of esters is 1. The summed E-state index contributed by atoms with van der Waals surface area (Å²) in [5, 5.41) is 0.256. The molecule has 1 aromatic carbocycles. The average molecular weight is 354 g/mol. The molecule has 3 rings (SSSR count). The van der Waals surface area contributed by atoms with Crippen LogP contribution in [0.3, 0.4) is 0 Å². The Hall–Kier alpha value is -3.42. The molecule has 8 heteroatoms. The molecule has 0 aliphatic carbocycles. The molecule has 26 heavy (non-hydrogen) atoms. The minimum Gasteiger partial charge on any atom is -0.465 e. The monoisotopic (exact) mass is 354 g/mol. The number of nitrogen functional groups attached to an aromatic ring is 1. The van der Waals surface area contributed by atoms with Gasteiger partial charge in [0.1, 0.15) is 12.2 Å². The Balaban J connectivity index is 2.17. The van der Waals surface area contributed by atoms with Gasteiger partial charge in [0.2, 0.25) is 0 Å². The van der Waals surface area contributed by atoms with E-state index in [0.717, 1.165) is 10.1 Å². The summed E-state index contributed by atoms with van der Waals surface area (Å²) in [4.78, 5) is 41.5. The highest BCUT2D eigenvalue weighted by Gasteiger charge is 2.16. The Kier molecular flexibility index (Phi) is 4.83. The van der Waals surface area contributed by atoms with E-state index in [1.54, 1.807) is 43.3 Å². The van der Waals surface area contributed by atoms with Crippen LogP contribution in [0.15, 0.2) is 52.2 Å². The maximum atomic E-state index is 12.9. The number of anilines is 1. The molecule has 2 N–H and O–H groups in total. The lowest BCUT2D eigenvalue weighted by Gasteiger charge is -2.13. The van der Waals surface area contributed by atoms with Gasteiger partial charge in [-0.05, 0) is 36.8 Å². The van der Waals surface area contributed by atoms with Gasteiger partial charge in [0.15, 0.2) is 0 Å². The molecule has 0 saturated carbocycles. The smallest absolute Gasteiger partial charge is 0.333 e. The molecule has 0 radical (unpaired) electrons. The van der Waals surface area contributed by atoms with Crippen LogP contribution in [0.1, 0.15) is 12.5 Å². The first-order valence-electron chi connectivity index (χ1n) is 8.09. The lowest BCUT2D eigenvalue weighted by Crippen LogP contribution is -2.42. The van der Waals surface area contributed by atoms with Crippen molar-refractivity contribution in [2.75, 3.05) is 12.3 Å². The zero-order valence-corrected chi connectivity index (χ0v) is 14.2. The van der Waals surface area contributed by atoms with Gasteiger partial charge in [-0.15, -0.1) is 0 Å². The lowest BCUT2D eigenvalue weighted by atomic mass is 10.2. The fraction of sp³-hybridized carbons (Fsp3) is 0.222. The van der Waals surface area contributed by atoms with Crippen LogP contribution in [0.25, 0.3) is 11.0 Å². The summed E-state index contributed by atoms with van der Waals surface area (Å²) in [5.74, 6) is -0.644. The summed E-state index contributed by atoms with van der Waals surface area (Å²) in [6, 6.07) is 10.2. The zero-order chi connectivity index (χ0) is 18.7. The first kappa shape index (κ1) is 17.4. The van der Waals surface area contributed by atoms with Crippen LogP contribution in [0.4, 0.5) is 5.69 Å². The van der Waals surface area contributed by atoms with Crippen molar-refractivity contribution >= 4 is 22.7 Å². The fourth-order valence-corrected chi connectivity index (χ4v) is 2.67. The number of ether oxygens (including phenoxy) is 1. The number of nitrogens with two attached hydrogens (primary N) is 1. The van der Waals surface area contributed by atoms with E-state index in [9.17, 15) is 14.4 Å². The number of carbonyl (C=O) groups excluding carboxylic acids is 1. The van der Waals surface area contributed by atoms with Gasteiger partial charge in [0.25, 0.3) is 5.56 Å². The average Bonchev–Trinajstić information content (AvgIpc) is 2.64. The van der Waals surface area contributed by atoms with Crippen molar-refractivity contribution in [2.24, 2.45) is 0 Å². The second-order valence-electron chi connectivity index (χ2n) is 5.68. The quantitative estimate of drug-likeness (QED) is 0.535. The SMILES string of the molecule is CCOC(=O)Cn1c(=O)c2cccnc2n(Cc2ccc(N)cc2)c1=O. The number of nitrogens with zero attached hydrogens (tertiary/aromatic N) is 3. The number of pyridine rings is 1. The molecule has 0 fully saturated rings. The first-order valence-corrected chi connectivity index (χ1v) is 8.09. The van der Waals surface area contributed by atoms with E-state index in [1.165, 1.54) is 10.8 Å². The molecule has 3 aromatic rings. The first-order chi connectivity index (χ1) is 12.5. The normalized spacial score (nSPS) is 10.8. The van der Waals surface area contributed by atoms with Crippen molar-refractivity contribution in [3.05, 3.63) is 69.0 Å². The van der Waals surface area contributed by atoms with Crippen molar-refractivity contribution in [2.45, 2.75) is 20.0 Å². The zero-order valence-electron chi connectivity index (χ0n) is 14.2. The number of aromatic nitrogens is 3. The topological polar surface area (TPSA) is 109 Å². The second-order valence-corrected chi connectivity index (χ2v) is 5.68. The molecule has 2 heterocycles. The van der Waals surface area contributed by atoms with Crippen molar-refractivity contribution in [3.8, 4) is 0 Å². The molecular formula is C18H18N4O4. The van der Waals surface area contributed by atoms with E-state index < -0.39 is 23.8 Å². The second kappa shape index (κ2) is 7.22. The third-order valence-corrected chi connectivity index (χ3v) is 3.89. The van der Waals surface area contributed by atoms with Crippen LogP contribution in [0.5, 0.6) is 0 Å². The van der Waals surface area contributed by atoms with Crippen LogP contribution < -0.4 is 17.0 Å². The van der Waals surface area contributed by atoms with Crippen LogP contribution in [-0.4, -0.2) is 26.7 Å². The minimum atomic E-state index is -0.644. The Morgan fingerprint density at radius 1 is 1.15 bits per heavy atom. The third-order valence-electron chi connectivity index (χ3n) is 3.89. The van der Waals surface area contributed by atoms with Crippen molar-refractivity contribution in [1.82, 2.24) is 14.1 Å². The molecule has 0 aliphatic heterocycles. The lowest BCUT2D eigenvalue weighted by molar-refractivity contribution is -0.143. The maximum absolute atomic E-state index is 12.9. The highest BCUT2D eigenvalue weighted by Crippen LogP contribution is 2.10. The fourth-order valence-electron chi connectivity index (χ4n) is 2.67. The van der Waals surface area contributed by atoms with Gasteiger partial charge in [-0.3, -0.25) is 14.2 Å². The summed E-state index contributed by atoms with van der Waals surface area (Å²) in [7, 11) is 0. The Bertz CT molecular complexity index is 1070. The van der Waals surface area contributed by atoms with Gasteiger partial charge in [-0.1, -0.05) is 12.1 Å². The van der Waals surface area contributed by atoms with Crippen LogP contribution in [0, 0.1) is 0 Å². The van der Waals surface area contributed by atoms with Gasteiger partial charge < -0.3 is 10.5 Å². The molecule has 134 valence electrons. The summed E-state index contributed by atoms with van der Waals surface area (Å²) in [5.41, 5.74) is 6.19. The predicted octanol–water partition coefficient (Wildman–Crippen LogP) is 0.752. The molecular weight excluding hydrogens is 336 g/mol. The Labute approximate surface area is 148 Å². The molecule has 0 bridgehead atoms. The van der Waals surface area contributed by atoms with E-state index in [-0.39, 0.29) is 24.2 Å². The largest absolute Gasteiger partial charge is 0.465 e. The summed E-state index contributed by atoms with van der Waals surface area (Å²) in [6.07, 6.45) is 1.51. The van der Waals surface area contributed by atoms with Gasteiger partial charge in [-0.2, -0.15) is 0 Å². The van der Waals surface area contributed by atoms with E-state index in [1.807, 2.05) is 0 Å². The molecule has 0 aliphatic rings. The van der Waals surface area contributed by atoms with Crippen LogP contribution in [-0.2, 0) is 22.6 Å². The van der Waals surface area contributed by atoms with Crippen molar-refractivity contribution in [3.63, 3.8) is 0 Å². The van der Waals surface area contributed by atoms with E-state index in [2.05, 4.69) is 4.98 Å². The number of rotatable bonds is 5. The molecule has 0 unspecified atom stereocenters. The highest BCUT2D eigenvalue weighted by atomic mass is 16.5. The Morgan fingerprint density at radius 3 is 2.58 bits per heavy atom. The molecule has 8 nitrogen and oxygen atoms in total. The third kappa shape index (κ3) is 3.34. The summed E-state index contributed by atoms with van der Waals surface area (Å²) >= 11 is 0. The maximum Gasteiger partial charge on any atom is 0.333 e. The molecule has 0 amide bonds. The van der Waals surface area contributed by atoms with Gasteiger partial charge in [-0.25, -0.2) is 14.3 Å². The minimum absolute atomic E-state index is 0.169. The number of carbonyl (C=O) groups is 1. The van der Waals surface area contributed by atoms with Crippen LogP contribution in [0.2, 0.25) is 0 Å². The standard InChI is InChI=1S/C18H18N4O4/c1-2-26-15(23)11-22-17(24)14-4-3-9-20-16(14)21(18(22)25)10-12-5-7-13(19)8-6-12/h3-9H,2,10-11,19H2,1H3. The number of fused-ring (bicyclic) bond motifs is 1. The number of hydrogen-bond acceptors (Lipinski definition) is 6. The van der Waals surface area contributed by atoms with E-state index >= 15 is 0 Å².